The number of unbranched alkanes of at least 4 members (excludes halogenated alkanes) is 1. The van der Waals surface area contributed by atoms with E-state index in [0.29, 0.717) is 17.2 Å². The Labute approximate surface area is 170 Å². The Balaban J connectivity index is 0.00000261. The molecule has 0 spiro atoms. The lowest BCUT2D eigenvalue weighted by atomic mass is 10.1. The number of nitrogens with one attached hydrogen (secondary N) is 2. The molecule has 4 nitrogen and oxygen atoms in total. The van der Waals surface area contributed by atoms with E-state index in [2.05, 4.69) is 17.2 Å². The lowest BCUT2D eigenvalue weighted by Crippen LogP contribution is -3.00. The SMILES string of the molecule is CCCCOC(=O)c1ccc(Nc2cc(C)[nH+]c3ccc(Cl)cc23)cc1.[Cl-]. The lowest BCUT2D eigenvalue weighted by Gasteiger charge is -2.10. The van der Waals surface area contributed by atoms with E-state index in [4.69, 9.17) is 16.3 Å². The molecule has 0 aliphatic heterocycles. The molecule has 2 N–H and O–H groups in total. The molecule has 0 unspecified atom stereocenters. The van der Waals surface area contributed by atoms with Gasteiger partial charge in [-0.1, -0.05) is 24.9 Å². The Bertz CT molecular complexity index is 927. The number of halogens is 2. The summed E-state index contributed by atoms with van der Waals surface area (Å²) in [7, 11) is 0. The van der Waals surface area contributed by atoms with Crippen LogP contribution in [0, 0.1) is 6.92 Å². The van der Waals surface area contributed by atoms with Crippen LogP contribution in [-0.4, -0.2) is 12.6 Å². The molecule has 0 aliphatic carbocycles. The molecule has 0 aliphatic rings. The number of hydrogen-bond acceptors (Lipinski definition) is 3. The molecule has 0 saturated heterocycles. The molecular weight excluding hydrogens is 383 g/mol. The second kappa shape index (κ2) is 9.58. The van der Waals surface area contributed by atoms with Gasteiger partial charge in [0.25, 0.3) is 0 Å². The van der Waals surface area contributed by atoms with Crippen LogP contribution < -0.4 is 22.7 Å². The van der Waals surface area contributed by atoms with E-state index in [1.165, 1.54) is 0 Å². The van der Waals surface area contributed by atoms with E-state index in [0.717, 1.165) is 40.8 Å². The highest BCUT2D eigenvalue weighted by Gasteiger charge is 2.11. The van der Waals surface area contributed by atoms with Crippen molar-refractivity contribution in [3.63, 3.8) is 0 Å². The second-order valence-corrected chi connectivity index (χ2v) is 6.68. The second-order valence-electron chi connectivity index (χ2n) is 6.25. The van der Waals surface area contributed by atoms with E-state index in [1.54, 1.807) is 12.1 Å². The number of H-pyrrole nitrogens is 1. The number of aromatic nitrogens is 1. The zero-order chi connectivity index (χ0) is 18.5. The Morgan fingerprint density at radius 3 is 2.59 bits per heavy atom. The van der Waals surface area contributed by atoms with Crippen LogP contribution in [0.1, 0.15) is 35.8 Å². The molecule has 2 aromatic carbocycles. The zero-order valence-corrected chi connectivity index (χ0v) is 16.8. The zero-order valence-electron chi connectivity index (χ0n) is 15.3. The Kier molecular flexibility index (Phi) is 7.45. The summed E-state index contributed by atoms with van der Waals surface area (Å²) in [5.41, 5.74) is 4.45. The van der Waals surface area contributed by atoms with Crippen molar-refractivity contribution in [3.05, 3.63) is 64.8 Å². The molecule has 1 aromatic heterocycles. The molecule has 0 atom stereocenters. The van der Waals surface area contributed by atoms with Gasteiger partial charge in [-0.25, -0.2) is 9.78 Å². The Morgan fingerprint density at radius 2 is 1.89 bits per heavy atom. The molecule has 3 rings (SSSR count). The largest absolute Gasteiger partial charge is 1.00 e. The number of esters is 1. The number of pyridine rings is 1. The summed E-state index contributed by atoms with van der Waals surface area (Å²) in [5.74, 6) is -0.285. The van der Waals surface area contributed by atoms with Gasteiger partial charge in [-0.3, -0.25) is 0 Å². The minimum atomic E-state index is -0.285. The molecule has 0 fully saturated rings. The molecular formula is C21H22Cl2N2O2. The molecule has 0 bridgehead atoms. The van der Waals surface area contributed by atoms with Crippen molar-refractivity contribution in [1.29, 1.82) is 0 Å². The monoisotopic (exact) mass is 404 g/mol. The van der Waals surface area contributed by atoms with Gasteiger partial charge in [-0.2, -0.15) is 0 Å². The van der Waals surface area contributed by atoms with Gasteiger partial charge >= 0.3 is 5.97 Å². The standard InChI is InChI=1S/C21H21ClN2O2.ClH/c1-3-4-11-26-21(25)15-5-8-17(9-6-15)24-20-12-14(2)23-19-10-7-16(22)13-18(19)20;/h5-10,12-13H,3-4,11H2,1-2H3,(H,23,24);1H. The average molecular weight is 405 g/mol. The normalized spacial score (nSPS) is 10.3. The van der Waals surface area contributed by atoms with Crippen LogP contribution in [-0.2, 0) is 4.74 Å². The fourth-order valence-corrected chi connectivity index (χ4v) is 2.90. The van der Waals surface area contributed by atoms with Crippen LogP contribution in [0.2, 0.25) is 5.02 Å². The maximum atomic E-state index is 12.0. The molecule has 1 heterocycles. The third-order valence-corrected chi connectivity index (χ3v) is 4.33. The van der Waals surface area contributed by atoms with E-state index in [1.807, 2.05) is 43.3 Å². The van der Waals surface area contributed by atoms with Gasteiger partial charge < -0.3 is 22.5 Å². The predicted octanol–water partition coefficient (Wildman–Crippen LogP) is 2.32. The highest BCUT2D eigenvalue weighted by atomic mass is 35.5. The number of ether oxygens (including phenoxy) is 1. The van der Waals surface area contributed by atoms with Crippen LogP contribution in [0.5, 0.6) is 0 Å². The van der Waals surface area contributed by atoms with E-state index < -0.39 is 0 Å². The maximum Gasteiger partial charge on any atom is 0.338 e. The van der Waals surface area contributed by atoms with E-state index >= 15 is 0 Å². The molecule has 0 amide bonds. The quantitative estimate of drug-likeness (QED) is 0.506. The first-order valence-corrected chi connectivity index (χ1v) is 9.11. The van der Waals surface area contributed by atoms with Gasteiger partial charge in [-0.15, -0.1) is 0 Å². The van der Waals surface area contributed by atoms with Gasteiger partial charge in [0.1, 0.15) is 0 Å². The number of carbonyl (C=O) groups is 1. The summed E-state index contributed by atoms with van der Waals surface area (Å²) in [6.45, 7) is 4.53. The van der Waals surface area contributed by atoms with Crippen LogP contribution >= 0.6 is 11.6 Å². The Morgan fingerprint density at radius 1 is 1.15 bits per heavy atom. The van der Waals surface area contributed by atoms with E-state index in [-0.39, 0.29) is 18.4 Å². The third-order valence-electron chi connectivity index (χ3n) is 4.10. The Hall–Kier alpha value is -2.30. The summed E-state index contributed by atoms with van der Waals surface area (Å²) >= 11 is 6.15. The first kappa shape index (κ1) is 21.0. The molecule has 0 saturated carbocycles. The molecule has 142 valence electrons. The van der Waals surface area contributed by atoms with Crippen LogP contribution in [0.15, 0.2) is 48.5 Å². The lowest BCUT2D eigenvalue weighted by molar-refractivity contribution is -0.354. The van der Waals surface area contributed by atoms with Gasteiger partial charge in [0.2, 0.25) is 5.52 Å². The molecule has 6 heteroatoms. The average Bonchev–Trinajstić information content (AvgIpc) is 2.63. The van der Waals surface area contributed by atoms with Crippen molar-refractivity contribution in [2.24, 2.45) is 0 Å². The van der Waals surface area contributed by atoms with Crippen LogP contribution in [0.25, 0.3) is 10.9 Å². The van der Waals surface area contributed by atoms with Crippen molar-refractivity contribution in [2.45, 2.75) is 26.7 Å². The molecule has 3 aromatic rings. The summed E-state index contributed by atoms with van der Waals surface area (Å²) in [4.78, 5) is 15.3. The number of carbonyl (C=O) groups excluding carboxylic acids is 1. The van der Waals surface area contributed by atoms with Crippen LogP contribution in [0.4, 0.5) is 11.4 Å². The minimum absolute atomic E-state index is 0. The highest BCUT2D eigenvalue weighted by molar-refractivity contribution is 6.31. The number of benzene rings is 2. The summed E-state index contributed by atoms with van der Waals surface area (Å²) < 4.78 is 5.24. The highest BCUT2D eigenvalue weighted by Crippen LogP contribution is 2.27. The topological polar surface area (TPSA) is 52.5 Å². The number of anilines is 2. The van der Waals surface area contributed by atoms with Crippen molar-refractivity contribution in [2.75, 3.05) is 11.9 Å². The number of fused-ring (bicyclic) bond motifs is 1. The first-order valence-electron chi connectivity index (χ1n) is 8.73. The number of hydrogen-bond donors (Lipinski definition) is 1. The van der Waals surface area contributed by atoms with Crippen molar-refractivity contribution >= 4 is 39.8 Å². The molecule has 0 radical (unpaired) electrons. The number of aromatic amines is 1. The fraction of sp³-hybridized carbons (Fsp3) is 0.238. The fourth-order valence-electron chi connectivity index (χ4n) is 2.73. The smallest absolute Gasteiger partial charge is 0.338 e. The first-order chi connectivity index (χ1) is 12.6. The number of rotatable bonds is 6. The van der Waals surface area contributed by atoms with Crippen molar-refractivity contribution < 1.29 is 26.9 Å². The van der Waals surface area contributed by atoms with Gasteiger partial charge in [-0.05, 0) is 42.8 Å². The van der Waals surface area contributed by atoms with Crippen molar-refractivity contribution in [3.8, 4) is 0 Å². The predicted molar refractivity (Wildman–Crippen MR) is 105 cm³/mol. The summed E-state index contributed by atoms with van der Waals surface area (Å²) in [5, 5.41) is 5.09. The van der Waals surface area contributed by atoms with Crippen molar-refractivity contribution in [1.82, 2.24) is 0 Å². The number of aryl methyl sites for hydroxylation is 1. The van der Waals surface area contributed by atoms with Gasteiger partial charge in [0.05, 0.1) is 23.2 Å². The molecule has 27 heavy (non-hydrogen) atoms. The van der Waals surface area contributed by atoms with Gasteiger partial charge in [0, 0.05) is 29.8 Å². The summed E-state index contributed by atoms with van der Waals surface area (Å²) in [6.07, 6.45) is 1.88. The minimum Gasteiger partial charge on any atom is -1.00 e. The van der Waals surface area contributed by atoms with Gasteiger partial charge in [0.15, 0.2) is 5.69 Å². The maximum absolute atomic E-state index is 12.0. The third kappa shape index (κ3) is 5.34. The van der Waals surface area contributed by atoms with E-state index in [9.17, 15) is 4.79 Å². The summed E-state index contributed by atoms with van der Waals surface area (Å²) in [6, 6.07) is 15.1. The van der Waals surface area contributed by atoms with Crippen LogP contribution in [0.3, 0.4) is 0 Å².